The normalized spacial score (nSPS) is 10.1. The third kappa shape index (κ3) is 2.72. The van der Waals surface area contributed by atoms with Crippen molar-refractivity contribution in [2.75, 3.05) is 11.1 Å². The number of nitrogens with two attached hydrogens (primary N) is 1. The molecule has 0 aliphatic carbocycles. The third-order valence-electron chi connectivity index (χ3n) is 2.27. The molecule has 1 aromatic heterocycles. The van der Waals surface area contributed by atoms with Gasteiger partial charge in [-0.1, -0.05) is 23.2 Å². The number of nitrogens with zero attached hydrogens (tertiary/aromatic N) is 1. The molecular formula is C12H9Cl2N3O. The number of aromatic nitrogens is 1. The number of hydrogen-bond acceptors (Lipinski definition) is 3. The molecular weight excluding hydrogens is 273 g/mol. The van der Waals surface area contributed by atoms with Gasteiger partial charge in [0.15, 0.2) is 0 Å². The second-order valence-corrected chi connectivity index (χ2v) is 4.36. The first-order valence-electron chi connectivity index (χ1n) is 5.04. The van der Waals surface area contributed by atoms with Crippen molar-refractivity contribution in [1.29, 1.82) is 0 Å². The number of nitrogen functional groups attached to an aromatic ring is 1. The first-order chi connectivity index (χ1) is 8.58. The average molecular weight is 282 g/mol. The Morgan fingerprint density at radius 2 is 2.00 bits per heavy atom. The zero-order chi connectivity index (χ0) is 13.1. The van der Waals surface area contributed by atoms with Crippen molar-refractivity contribution in [1.82, 2.24) is 4.98 Å². The Morgan fingerprint density at radius 1 is 1.22 bits per heavy atom. The molecule has 3 N–H and O–H groups in total. The fourth-order valence-corrected chi connectivity index (χ4v) is 1.70. The molecule has 0 spiro atoms. The summed E-state index contributed by atoms with van der Waals surface area (Å²) in [6.07, 6.45) is 2.91. The summed E-state index contributed by atoms with van der Waals surface area (Å²) in [5.41, 5.74) is 6.94. The van der Waals surface area contributed by atoms with Crippen molar-refractivity contribution in [2.24, 2.45) is 0 Å². The van der Waals surface area contributed by atoms with Gasteiger partial charge in [0.25, 0.3) is 5.91 Å². The minimum absolute atomic E-state index is 0.289. The molecule has 0 radical (unpaired) electrons. The maximum absolute atomic E-state index is 11.9. The molecule has 92 valence electrons. The van der Waals surface area contributed by atoms with E-state index in [1.807, 2.05) is 0 Å². The summed E-state index contributed by atoms with van der Waals surface area (Å²) >= 11 is 11.7. The van der Waals surface area contributed by atoms with Crippen LogP contribution in [0.4, 0.5) is 11.4 Å². The van der Waals surface area contributed by atoms with Gasteiger partial charge in [-0.2, -0.15) is 0 Å². The van der Waals surface area contributed by atoms with Crippen molar-refractivity contribution < 1.29 is 4.79 Å². The van der Waals surface area contributed by atoms with Gasteiger partial charge >= 0.3 is 0 Å². The topological polar surface area (TPSA) is 68.0 Å². The summed E-state index contributed by atoms with van der Waals surface area (Å²) in [6, 6.07) is 6.39. The number of benzene rings is 1. The van der Waals surface area contributed by atoms with E-state index in [0.717, 1.165) is 0 Å². The highest BCUT2D eigenvalue weighted by Crippen LogP contribution is 2.23. The molecule has 0 fully saturated rings. The SMILES string of the molecule is Nc1cc(NC(=O)c2ccncc2Cl)ccc1Cl. The number of nitrogens with one attached hydrogen (secondary N) is 1. The Hall–Kier alpha value is -1.78. The van der Waals surface area contributed by atoms with Crippen LogP contribution in [0.15, 0.2) is 36.7 Å². The van der Waals surface area contributed by atoms with Crippen LogP contribution in [0.1, 0.15) is 10.4 Å². The maximum Gasteiger partial charge on any atom is 0.257 e. The Kier molecular flexibility index (Phi) is 3.69. The van der Waals surface area contributed by atoms with Gasteiger partial charge in [0.1, 0.15) is 0 Å². The number of carbonyl (C=O) groups is 1. The fraction of sp³-hybridized carbons (Fsp3) is 0. The van der Waals surface area contributed by atoms with Gasteiger partial charge in [0.05, 0.1) is 21.3 Å². The third-order valence-corrected chi connectivity index (χ3v) is 2.92. The molecule has 6 heteroatoms. The molecule has 4 nitrogen and oxygen atoms in total. The summed E-state index contributed by atoms with van der Waals surface area (Å²) < 4.78 is 0. The van der Waals surface area contributed by atoms with E-state index < -0.39 is 0 Å². The Bertz CT molecular complexity index is 602. The van der Waals surface area contributed by atoms with E-state index in [0.29, 0.717) is 22.0 Å². The van der Waals surface area contributed by atoms with Crippen LogP contribution in [-0.4, -0.2) is 10.9 Å². The molecule has 0 saturated carbocycles. The van der Waals surface area contributed by atoms with Crippen LogP contribution in [-0.2, 0) is 0 Å². The fourth-order valence-electron chi connectivity index (χ4n) is 1.38. The minimum Gasteiger partial charge on any atom is -0.397 e. The number of amides is 1. The molecule has 1 amide bonds. The van der Waals surface area contributed by atoms with Crippen LogP contribution < -0.4 is 11.1 Å². The van der Waals surface area contributed by atoms with Gasteiger partial charge < -0.3 is 11.1 Å². The first-order valence-corrected chi connectivity index (χ1v) is 5.79. The number of carbonyl (C=O) groups excluding carboxylic acids is 1. The van der Waals surface area contributed by atoms with Gasteiger partial charge in [-0.25, -0.2) is 0 Å². The summed E-state index contributed by atoms with van der Waals surface area (Å²) in [5, 5.41) is 3.41. The van der Waals surface area contributed by atoms with Crippen LogP contribution in [0.25, 0.3) is 0 Å². The van der Waals surface area contributed by atoms with Gasteiger partial charge in [-0.3, -0.25) is 9.78 Å². The zero-order valence-corrected chi connectivity index (χ0v) is 10.7. The predicted octanol–water partition coefficient (Wildman–Crippen LogP) is 3.22. The second kappa shape index (κ2) is 5.25. The van der Waals surface area contributed by atoms with Gasteiger partial charge in [0.2, 0.25) is 0 Å². The maximum atomic E-state index is 11.9. The van der Waals surface area contributed by atoms with Crippen LogP contribution >= 0.6 is 23.2 Å². The quantitative estimate of drug-likeness (QED) is 0.831. The van der Waals surface area contributed by atoms with Gasteiger partial charge in [-0.05, 0) is 24.3 Å². The molecule has 18 heavy (non-hydrogen) atoms. The van der Waals surface area contributed by atoms with Crippen molar-refractivity contribution in [3.63, 3.8) is 0 Å². The van der Waals surface area contributed by atoms with Crippen LogP contribution in [0, 0.1) is 0 Å². The zero-order valence-electron chi connectivity index (χ0n) is 9.15. The van der Waals surface area contributed by atoms with Crippen molar-refractivity contribution in [2.45, 2.75) is 0 Å². The van der Waals surface area contributed by atoms with Crippen LogP contribution in [0.2, 0.25) is 10.0 Å². The molecule has 0 atom stereocenters. The van der Waals surface area contributed by atoms with Crippen LogP contribution in [0.3, 0.4) is 0 Å². The van der Waals surface area contributed by atoms with E-state index in [9.17, 15) is 4.79 Å². The summed E-state index contributed by atoms with van der Waals surface area (Å²) in [6.45, 7) is 0. The lowest BCUT2D eigenvalue weighted by molar-refractivity contribution is 0.102. The first kappa shape index (κ1) is 12.7. The minimum atomic E-state index is -0.330. The Balaban J connectivity index is 2.22. The molecule has 0 saturated heterocycles. The Labute approximate surface area is 114 Å². The molecule has 0 bridgehead atoms. The smallest absolute Gasteiger partial charge is 0.257 e. The number of rotatable bonds is 2. The highest BCUT2D eigenvalue weighted by Gasteiger charge is 2.10. The molecule has 2 rings (SSSR count). The summed E-state index contributed by atoms with van der Waals surface area (Å²) in [7, 11) is 0. The van der Waals surface area contributed by atoms with Crippen molar-refractivity contribution >= 4 is 40.5 Å². The average Bonchev–Trinajstić information content (AvgIpc) is 2.34. The van der Waals surface area contributed by atoms with Crippen molar-refractivity contribution in [3.8, 4) is 0 Å². The molecule has 0 aliphatic heterocycles. The highest BCUT2D eigenvalue weighted by molar-refractivity contribution is 6.34. The lowest BCUT2D eigenvalue weighted by atomic mass is 10.2. The highest BCUT2D eigenvalue weighted by atomic mass is 35.5. The van der Waals surface area contributed by atoms with E-state index in [1.165, 1.54) is 18.5 Å². The predicted molar refractivity (Wildman–Crippen MR) is 73.1 cm³/mol. The summed E-state index contributed by atoms with van der Waals surface area (Å²) in [4.78, 5) is 15.7. The lowest BCUT2D eigenvalue weighted by Gasteiger charge is -2.07. The molecule has 1 heterocycles. The van der Waals surface area contributed by atoms with E-state index in [2.05, 4.69) is 10.3 Å². The number of halogens is 2. The second-order valence-electron chi connectivity index (χ2n) is 3.55. The molecule has 0 unspecified atom stereocenters. The molecule has 0 aliphatic rings. The van der Waals surface area contributed by atoms with Gasteiger partial charge in [-0.15, -0.1) is 0 Å². The largest absolute Gasteiger partial charge is 0.397 e. The van der Waals surface area contributed by atoms with E-state index in [4.69, 9.17) is 28.9 Å². The standard InChI is InChI=1S/C12H9Cl2N3O/c13-9-2-1-7(5-11(9)15)17-12(18)8-3-4-16-6-10(8)14/h1-6H,15H2,(H,17,18). The summed E-state index contributed by atoms with van der Waals surface area (Å²) in [5.74, 6) is -0.330. The van der Waals surface area contributed by atoms with Crippen molar-refractivity contribution in [3.05, 3.63) is 52.3 Å². The molecule has 2 aromatic rings. The van der Waals surface area contributed by atoms with Gasteiger partial charge in [0, 0.05) is 18.1 Å². The van der Waals surface area contributed by atoms with E-state index >= 15 is 0 Å². The number of hydrogen-bond donors (Lipinski definition) is 2. The van der Waals surface area contributed by atoms with Crippen LogP contribution in [0.5, 0.6) is 0 Å². The number of anilines is 2. The lowest BCUT2D eigenvalue weighted by Crippen LogP contribution is -2.12. The van der Waals surface area contributed by atoms with E-state index in [-0.39, 0.29) is 10.9 Å². The van der Waals surface area contributed by atoms with E-state index in [1.54, 1.807) is 18.2 Å². The Morgan fingerprint density at radius 3 is 2.67 bits per heavy atom. The number of pyridine rings is 1. The molecule has 1 aromatic carbocycles. The monoisotopic (exact) mass is 281 g/mol.